The van der Waals surface area contributed by atoms with Gasteiger partial charge in [0.15, 0.2) is 0 Å². The zero-order valence-electron chi connectivity index (χ0n) is 16.4. The summed E-state index contributed by atoms with van der Waals surface area (Å²) >= 11 is 2.11. The predicted octanol–water partition coefficient (Wildman–Crippen LogP) is 5.10. The van der Waals surface area contributed by atoms with Gasteiger partial charge in [0.2, 0.25) is 0 Å². The molecule has 0 saturated heterocycles. The summed E-state index contributed by atoms with van der Waals surface area (Å²) in [4.78, 5) is 26.1. The molecular formula is C25H15IO6. The molecule has 0 aliphatic heterocycles. The lowest BCUT2D eigenvalue weighted by molar-refractivity contribution is 0.441. The lowest BCUT2D eigenvalue weighted by atomic mass is 9.84. The van der Waals surface area contributed by atoms with E-state index in [0.29, 0.717) is 16.3 Å². The summed E-state index contributed by atoms with van der Waals surface area (Å²) in [6.45, 7) is 0. The van der Waals surface area contributed by atoms with Crippen molar-refractivity contribution in [3.63, 3.8) is 0 Å². The standard InChI is InChI=1S/C25H15IO6/c26-14-7-5-6-13(12-14)19(20-22(27)15-8-1-3-10-17(15)31-24(20)29)21-23(28)16-9-2-4-11-18(16)32-25(21)30/h1-12,19,27-28H. The van der Waals surface area contributed by atoms with E-state index in [1.54, 1.807) is 66.7 Å². The molecule has 0 amide bonds. The van der Waals surface area contributed by atoms with Crippen molar-refractivity contribution < 1.29 is 19.0 Å². The summed E-state index contributed by atoms with van der Waals surface area (Å²) in [5.41, 5.74) is -0.960. The van der Waals surface area contributed by atoms with Gasteiger partial charge in [0.05, 0.1) is 27.8 Å². The first-order valence-electron chi connectivity index (χ1n) is 9.70. The molecule has 0 radical (unpaired) electrons. The van der Waals surface area contributed by atoms with Crippen LogP contribution in [-0.4, -0.2) is 10.2 Å². The predicted molar refractivity (Wildman–Crippen MR) is 128 cm³/mol. The summed E-state index contributed by atoms with van der Waals surface area (Å²) in [7, 11) is 0. The first-order chi connectivity index (χ1) is 15.5. The molecule has 5 aromatic rings. The van der Waals surface area contributed by atoms with Crippen LogP contribution in [0.3, 0.4) is 0 Å². The van der Waals surface area contributed by atoms with Crippen LogP contribution in [0.25, 0.3) is 21.9 Å². The van der Waals surface area contributed by atoms with Gasteiger partial charge >= 0.3 is 11.3 Å². The highest BCUT2D eigenvalue weighted by Crippen LogP contribution is 2.42. The zero-order chi connectivity index (χ0) is 22.4. The fourth-order valence-corrected chi connectivity index (χ4v) is 4.54. The van der Waals surface area contributed by atoms with E-state index in [1.165, 1.54) is 0 Å². The molecule has 158 valence electrons. The molecule has 0 atom stereocenters. The van der Waals surface area contributed by atoms with Gasteiger partial charge in [-0.15, -0.1) is 0 Å². The molecule has 0 saturated carbocycles. The highest BCUT2D eigenvalue weighted by molar-refractivity contribution is 14.1. The summed E-state index contributed by atoms with van der Waals surface area (Å²) < 4.78 is 11.8. The number of rotatable bonds is 3. The van der Waals surface area contributed by atoms with Gasteiger partial charge in [-0.25, -0.2) is 9.59 Å². The third-order valence-corrected chi connectivity index (χ3v) is 6.07. The Bertz CT molecular complexity index is 1520. The van der Waals surface area contributed by atoms with Gasteiger partial charge in [-0.05, 0) is 64.6 Å². The molecule has 6 nitrogen and oxygen atoms in total. The highest BCUT2D eigenvalue weighted by Gasteiger charge is 2.32. The second-order valence-electron chi connectivity index (χ2n) is 7.28. The Balaban J connectivity index is 1.92. The van der Waals surface area contributed by atoms with Crippen molar-refractivity contribution in [3.8, 4) is 11.5 Å². The quantitative estimate of drug-likeness (QED) is 0.245. The lowest BCUT2D eigenvalue weighted by Gasteiger charge is -2.20. The number of aromatic hydroxyl groups is 2. The maximum Gasteiger partial charge on any atom is 0.344 e. The van der Waals surface area contributed by atoms with Gasteiger partial charge in [0, 0.05) is 3.57 Å². The fourth-order valence-electron chi connectivity index (χ4n) is 3.97. The molecule has 0 aliphatic carbocycles. The smallest absolute Gasteiger partial charge is 0.344 e. The molecular weight excluding hydrogens is 523 g/mol. The normalized spacial score (nSPS) is 11.4. The Morgan fingerprint density at radius 3 is 1.69 bits per heavy atom. The minimum Gasteiger partial charge on any atom is -0.507 e. The number of fused-ring (bicyclic) bond motifs is 2. The van der Waals surface area contributed by atoms with Crippen molar-refractivity contribution >= 4 is 44.5 Å². The van der Waals surface area contributed by atoms with Crippen molar-refractivity contribution in [1.82, 2.24) is 0 Å². The molecule has 5 rings (SSSR count). The molecule has 7 heteroatoms. The van der Waals surface area contributed by atoms with Gasteiger partial charge in [-0.1, -0.05) is 36.4 Å². The van der Waals surface area contributed by atoms with Gasteiger partial charge in [-0.3, -0.25) is 0 Å². The Labute approximate surface area is 194 Å². The summed E-state index contributed by atoms with van der Waals surface area (Å²) in [5.74, 6) is -1.74. The van der Waals surface area contributed by atoms with Crippen LogP contribution < -0.4 is 11.3 Å². The third kappa shape index (κ3) is 3.25. The van der Waals surface area contributed by atoms with E-state index in [-0.39, 0.29) is 33.8 Å². The molecule has 2 N–H and O–H groups in total. The number of para-hydroxylation sites is 2. The van der Waals surface area contributed by atoms with Gasteiger partial charge < -0.3 is 19.0 Å². The number of halogens is 1. The maximum absolute atomic E-state index is 13.1. The lowest BCUT2D eigenvalue weighted by Crippen LogP contribution is -2.21. The maximum atomic E-state index is 13.1. The minimum absolute atomic E-state index is 0.149. The average Bonchev–Trinajstić information content (AvgIpc) is 2.78. The molecule has 2 heterocycles. The van der Waals surface area contributed by atoms with E-state index in [9.17, 15) is 19.8 Å². The number of hydrogen-bond acceptors (Lipinski definition) is 6. The largest absolute Gasteiger partial charge is 0.507 e. The molecule has 2 aromatic heterocycles. The first-order valence-corrected chi connectivity index (χ1v) is 10.8. The molecule has 32 heavy (non-hydrogen) atoms. The van der Waals surface area contributed by atoms with Crippen LogP contribution in [0.4, 0.5) is 0 Å². The number of benzene rings is 3. The van der Waals surface area contributed by atoms with Crippen LogP contribution in [-0.2, 0) is 0 Å². The number of hydrogen-bond donors (Lipinski definition) is 2. The molecule has 0 fully saturated rings. The van der Waals surface area contributed by atoms with E-state index in [4.69, 9.17) is 8.83 Å². The van der Waals surface area contributed by atoms with Crippen molar-refractivity contribution in [1.29, 1.82) is 0 Å². The molecule has 0 spiro atoms. The SMILES string of the molecule is O=c1oc2ccccc2c(O)c1C(c1cccc(I)c1)c1c(O)c2ccccc2oc1=O. The molecule has 0 bridgehead atoms. The van der Waals surface area contributed by atoms with Crippen LogP contribution in [0.5, 0.6) is 11.5 Å². The van der Waals surface area contributed by atoms with Crippen molar-refractivity contribution in [2.75, 3.05) is 0 Å². The van der Waals surface area contributed by atoms with Crippen LogP contribution >= 0.6 is 22.6 Å². The van der Waals surface area contributed by atoms with Crippen molar-refractivity contribution in [3.05, 3.63) is 114 Å². The summed E-state index contributed by atoms with van der Waals surface area (Å²) in [6.07, 6.45) is 0. The van der Waals surface area contributed by atoms with Gasteiger partial charge in [0.25, 0.3) is 0 Å². The van der Waals surface area contributed by atoms with E-state index >= 15 is 0 Å². The summed E-state index contributed by atoms with van der Waals surface area (Å²) in [6, 6.07) is 20.3. The second kappa shape index (κ2) is 7.83. The molecule has 3 aromatic carbocycles. The van der Waals surface area contributed by atoms with E-state index in [2.05, 4.69) is 22.6 Å². The third-order valence-electron chi connectivity index (χ3n) is 5.40. The van der Waals surface area contributed by atoms with Gasteiger partial charge in [-0.2, -0.15) is 0 Å². The first kappa shape index (κ1) is 20.3. The van der Waals surface area contributed by atoms with Crippen molar-refractivity contribution in [2.24, 2.45) is 0 Å². The van der Waals surface area contributed by atoms with E-state index in [1.807, 2.05) is 6.07 Å². The van der Waals surface area contributed by atoms with Crippen molar-refractivity contribution in [2.45, 2.75) is 5.92 Å². The Morgan fingerprint density at radius 1 is 0.688 bits per heavy atom. The van der Waals surface area contributed by atoms with E-state index in [0.717, 1.165) is 3.57 Å². The molecule has 0 unspecified atom stereocenters. The Hall–Kier alpha value is -3.59. The zero-order valence-corrected chi connectivity index (χ0v) is 18.6. The monoisotopic (exact) mass is 538 g/mol. The average molecular weight is 538 g/mol. The minimum atomic E-state index is -1.12. The Kier molecular flexibility index (Phi) is 4.97. The fraction of sp³-hybridized carbons (Fsp3) is 0.0400. The van der Waals surface area contributed by atoms with Crippen LogP contribution in [0.15, 0.2) is 91.2 Å². The van der Waals surface area contributed by atoms with E-state index < -0.39 is 17.2 Å². The summed E-state index contributed by atoms with van der Waals surface area (Å²) in [5, 5.41) is 22.9. The Morgan fingerprint density at radius 2 is 1.19 bits per heavy atom. The van der Waals surface area contributed by atoms with Crippen LogP contribution in [0, 0.1) is 3.57 Å². The van der Waals surface area contributed by atoms with Gasteiger partial charge in [0.1, 0.15) is 22.7 Å². The van der Waals surface area contributed by atoms with Crippen LogP contribution in [0.2, 0.25) is 0 Å². The molecule has 0 aliphatic rings. The van der Waals surface area contributed by atoms with Crippen LogP contribution in [0.1, 0.15) is 22.6 Å². The highest BCUT2D eigenvalue weighted by atomic mass is 127. The second-order valence-corrected chi connectivity index (χ2v) is 8.53. The topological polar surface area (TPSA) is 101 Å².